The zero-order chi connectivity index (χ0) is 14.4. The number of rotatable bonds is 4. The fraction of sp³-hybridized carbons (Fsp3) is 0.938. The molecule has 0 aliphatic carbocycles. The summed E-state index contributed by atoms with van der Waals surface area (Å²) in [7, 11) is 0. The van der Waals surface area contributed by atoms with Gasteiger partial charge in [-0.25, -0.2) is 0 Å². The smallest absolute Gasteiger partial charge is 0.239 e. The highest BCUT2D eigenvalue weighted by Gasteiger charge is 2.32. The topological polar surface area (TPSA) is 49.6 Å². The number of nitrogens with two attached hydrogens (primary N) is 1. The van der Waals surface area contributed by atoms with Crippen LogP contribution in [0.2, 0.25) is 0 Å². The predicted molar refractivity (Wildman–Crippen MR) is 82.5 cm³/mol. The highest BCUT2D eigenvalue weighted by atomic mass is 16.2. The van der Waals surface area contributed by atoms with E-state index < -0.39 is 0 Å². The van der Waals surface area contributed by atoms with Gasteiger partial charge >= 0.3 is 0 Å². The Bertz CT molecular complexity index is 298. The highest BCUT2D eigenvalue weighted by molar-refractivity contribution is 5.81. The van der Waals surface area contributed by atoms with E-state index >= 15 is 0 Å². The SMILES string of the molecule is CC(C(=O)N1CCCCCC1)N1CCCCC1CCN. The van der Waals surface area contributed by atoms with E-state index in [1.165, 1.54) is 44.9 Å². The quantitative estimate of drug-likeness (QED) is 0.857. The molecule has 2 aliphatic heterocycles. The maximum absolute atomic E-state index is 12.8. The van der Waals surface area contributed by atoms with Crippen molar-refractivity contribution >= 4 is 5.91 Å². The molecular weight excluding hydrogens is 250 g/mol. The third-order valence-electron chi connectivity index (χ3n) is 4.95. The molecule has 2 unspecified atom stereocenters. The molecule has 0 aromatic carbocycles. The Labute approximate surface area is 123 Å². The van der Waals surface area contributed by atoms with Crippen LogP contribution in [0.25, 0.3) is 0 Å². The van der Waals surface area contributed by atoms with Crippen molar-refractivity contribution in [2.45, 2.75) is 70.4 Å². The molecule has 0 aromatic heterocycles. The summed E-state index contributed by atoms with van der Waals surface area (Å²) < 4.78 is 0. The molecule has 4 heteroatoms. The van der Waals surface area contributed by atoms with Crippen LogP contribution in [0.5, 0.6) is 0 Å². The first-order valence-corrected chi connectivity index (χ1v) is 8.48. The summed E-state index contributed by atoms with van der Waals surface area (Å²) in [5, 5.41) is 0. The van der Waals surface area contributed by atoms with Crippen LogP contribution in [0, 0.1) is 0 Å². The van der Waals surface area contributed by atoms with E-state index in [1.807, 2.05) is 0 Å². The van der Waals surface area contributed by atoms with Gasteiger partial charge in [0.25, 0.3) is 0 Å². The van der Waals surface area contributed by atoms with Crippen molar-refractivity contribution in [3.8, 4) is 0 Å². The van der Waals surface area contributed by atoms with E-state index in [0.717, 1.165) is 32.6 Å². The minimum absolute atomic E-state index is 0.0324. The van der Waals surface area contributed by atoms with Gasteiger partial charge in [0.2, 0.25) is 5.91 Å². The highest BCUT2D eigenvalue weighted by Crippen LogP contribution is 2.23. The first-order chi connectivity index (χ1) is 9.74. The minimum atomic E-state index is 0.0324. The van der Waals surface area contributed by atoms with E-state index in [4.69, 9.17) is 5.73 Å². The summed E-state index contributed by atoms with van der Waals surface area (Å²) in [6.45, 7) is 5.80. The van der Waals surface area contributed by atoms with Crippen LogP contribution in [-0.4, -0.2) is 54.0 Å². The van der Waals surface area contributed by atoms with E-state index in [0.29, 0.717) is 11.9 Å². The molecular formula is C16H31N3O. The molecule has 116 valence electrons. The molecule has 2 N–H and O–H groups in total. The van der Waals surface area contributed by atoms with Gasteiger partial charge < -0.3 is 10.6 Å². The van der Waals surface area contributed by atoms with E-state index in [1.54, 1.807) is 0 Å². The molecule has 0 spiro atoms. The lowest BCUT2D eigenvalue weighted by atomic mass is 9.97. The first kappa shape index (κ1) is 15.8. The summed E-state index contributed by atoms with van der Waals surface area (Å²) in [6, 6.07) is 0.546. The van der Waals surface area contributed by atoms with Crippen molar-refractivity contribution in [3.05, 3.63) is 0 Å². The number of piperidine rings is 1. The van der Waals surface area contributed by atoms with E-state index in [-0.39, 0.29) is 6.04 Å². The molecule has 2 atom stereocenters. The van der Waals surface area contributed by atoms with Gasteiger partial charge in [-0.15, -0.1) is 0 Å². The zero-order valence-electron chi connectivity index (χ0n) is 13.0. The molecule has 2 saturated heterocycles. The number of hydrogen-bond donors (Lipinski definition) is 1. The largest absolute Gasteiger partial charge is 0.341 e. The summed E-state index contributed by atoms with van der Waals surface area (Å²) >= 11 is 0. The number of carbonyl (C=O) groups is 1. The lowest BCUT2D eigenvalue weighted by molar-refractivity contribution is -0.138. The van der Waals surface area contributed by atoms with Gasteiger partial charge in [0.15, 0.2) is 0 Å². The van der Waals surface area contributed by atoms with Crippen molar-refractivity contribution in [2.24, 2.45) is 5.73 Å². The van der Waals surface area contributed by atoms with Crippen LogP contribution in [0.3, 0.4) is 0 Å². The van der Waals surface area contributed by atoms with Crippen LogP contribution < -0.4 is 5.73 Å². The second-order valence-electron chi connectivity index (χ2n) is 6.38. The van der Waals surface area contributed by atoms with Gasteiger partial charge in [0.05, 0.1) is 6.04 Å². The number of amides is 1. The fourth-order valence-corrected chi connectivity index (χ4v) is 3.73. The molecule has 2 fully saturated rings. The van der Waals surface area contributed by atoms with Crippen molar-refractivity contribution in [1.82, 2.24) is 9.80 Å². The van der Waals surface area contributed by atoms with Crippen LogP contribution in [0.4, 0.5) is 0 Å². The van der Waals surface area contributed by atoms with Gasteiger partial charge in [-0.3, -0.25) is 9.69 Å². The van der Waals surface area contributed by atoms with Crippen molar-refractivity contribution < 1.29 is 4.79 Å². The molecule has 2 rings (SSSR count). The standard InChI is InChI=1S/C16H31N3O/c1-14(16(20)18-11-5-2-3-6-12-18)19-13-7-4-8-15(19)9-10-17/h14-15H,2-13,17H2,1H3. The average molecular weight is 281 g/mol. The Morgan fingerprint density at radius 1 is 1.10 bits per heavy atom. The minimum Gasteiger partial charge on any atom is -0.341 e. The van der Waals surface area contributed by atoms with E-state index in [9.17, 15) is 4.79 Å². The van der Waals surface area contributed by atoms with Gasteiger partial charge in [-0.1, -0.05) is 19.3 Å². The van der Waals surface area contributed by atoms with Crippen LogP contribution in [0.15, 0.2) is 0 Å². The van der Waals surface area contributed by atoms with Gasteiger partial charge in [-0.05, 0) is 52.1 Å². The molecule has 20 heavy (non-hydrogen) atoms. The maximum Gasteiger partial charge on any atom is 0.239 e. The predicted octanol–water partition coefficient (Wildman–Crippen LogP) is 1.98. The monoisotopic (exact) mass is 281 g/mol. The molecule has 0 saturated carbocycles. The first-order valence-electron chi connectivity index (χ1n) is 8.48. The van der Waals surface area contributed by atoms with Crippen LogP contribution in [-0.2, 0) is 4.79 Å². The second kappa shape index (κ2) is 7.99. The third kappa shape index (κ3) is 3.95. The van der Waals surface area contributed by atoms with E-state index in [2.05, 4.69) is 16.7 Å². The fourth-order valence-electron chi connectivity index (χ4n) is 3.73. The molecule has 2 aliphatic rings. The van der Waals surface area contributed by atoms with Crippen LogP contribution >= 0.6 is 0 Å². The lowest BCUT2D eigenvalue weighted by Crippen LogP contribution is -2.53. The van der Waals surface area contributed by atoms with Crippen LogP contribution in [0.1, 0.15) is 58.3 Å². The van der Waals surface area contributed by atoms with Gasteiger partial charge in [0.1, 0.15) is 0 Å². The van der Waals surface area contributed by atoms with Crippen molar-refractivity contribution in [2.75, 3.05) is 26.2 Å². The number of hydrogen-bond acceptors (Lipinski definition) is 3. The Morgan fingerprint density at radius 3 is 2.40 bits per heavy atom. The zero-order valence-corrected chi connectivity index (χ0v) is 13.0. The Kier molecular flexibility index (Phi) is 6.30. The summed E-state index contributed by atoms with van der Waals surface area (Å²) in [5.41, 5.74) is 5.74. The average Bonchev–Trinajstić information content (AvgIpc) is 2.76. The molecule has 1 amide bonds. The number of likely N-dealkylation sites (tertiary alicyclic amines) is 2. The Balaban J connectivity index is 1.96. The maximum atomic E-state index is 12.8. The summed E-state index contributed by atoms with van der Waals surface area (Å²) in [6.07, 6.45) is 9.63. The van der Waals surface area contributed by atoms with Crippen molar-refractivity contribution in [1.29, 1.82) is 0 Å². The lowest BCUT2D eigenvalue weighted by Gasteiger charge is -2.40. The number of carbonyl (C=O) groups excluding carboxylic acids is 1. The van der Waals surface area contributed by atoms with Gasteiger partial charge in [-0.2, -0.15) is 0 Å². The molecule has 0 aromatic rings. The van der Waals surface area contributed by atoms with Crippen molar-refractivity contribution in [3.63, 3.8) is 0 Å². The summed E-state index contributed by atoms with van der Waals surface area (Å²) in [5.74, 6) is 0.343. The molecule has 4 nitrogen and oxygen atoms in total. The Hall–Kier alpha value is -0.610. The molecule has 0 radical (unpaired) electrons. The van der Waals surface area contributed by atoms with Gasteiger partial charge in [0, 0.05) is 19.1 Å². The normalized spacial score (nSPS) is 27.1. The molecule has 2 heterocycles. The third-order valence-corrected chi connectivity index (χ3v) is 4.95. The molecule has 0 bridgehead atoms. The number of nitrogens with zero attached hydrogens (tertiary/aromatic N) is 2. The second-order valence-corrected chi connectivity index (χ2v) is 6.38. The Morgan fingerprint density at radius 2 is 1.75 bits per heavy atom. The summed E-state index contributed by atoms with van der Waals surface area (Å²) in [4.78, 5) is 17.3.